The molecule has 0 bridgehead atoms. The first kappa shape index (κ1) is 12.3. The summed E-state index contributed by atoms with van der Waals surface area (Å²) in [5, 5.41) is 2.29. The lowest BCUT2D eigenvalue weighted by atomic mass is 10.1. The van der Waals surface area contributed by atoms with E-state index >= 15 is 0 Å². The SMILES string of the molecule is Cc1cc2c(N(C)C3CCCC3)ccc(N)c2cn1. The van der Waals surface area contributed by atoms with E-state index in [9.17, 15) is 0 Å². The topological polar surface area (TPSA) is 42.1 Å². The number of pyridine rings is 1. The van der Waals surface area contributed by atoms with Crippen molar-refractivity contribution in [2.75, 3.05) is 17.7 Å². The van der Waals surface area contributed by atoms with Gasteiger partial charge in [0.15, 0.2) is 0 Å². The highest BCUT2D eigenvalue weighted by Gasteiger charge is 2.21. The molecule has 0 aliphatic heterocycles. The molecule has 1 heterocycles. The Kier molecular flexibility index (Phi) is 3.05. The van der Waals surface area contributed by atoms with Crippen molar-refractivity contribution in [1.82, 2.24) is 4.98 Å². The predicted octanol–water partition coefficient (Wildman–Crippen LogP) is 3.50. The van der Waals surface area contributed by atoms with Crippen LogP contribution >= 0.6 is 0 Å². The molecular formula is C16H21N3. The summed E-state index contributed by atoms with van der Waals surface area (Å²) in [7, 11) is 2.21. The number of anilines is 2. The zero-order valence-electron chi connectivity index (χ0n) is 11.7. The number of aromatic nitrogens is 1. The fraction of sp³-hybridized carbons (Fsp3) is 0.438. The quantitative estimate of drug-likeness (QED) is 0.835. The first-order valence-electron chi connectivity index (χ1n) is 7.04. The Morgan fingerprint density at radius 2 is 1.95 bits per heavy atom. The van der Waals surface area contributed by atoms with Gasteiger partial charge in [-0.25, -0.2) is 0 Å². The molecular weight excluding hydrogens is 234 g/mol. The molecule has 0 unspecified atom stereocenters. The van der Waals surface area contributed by atoms with E-state index in [2.05, 4.69) is 29.1 Å². The maximum atomic E-state index is 6.07. The molecule has 2 aromatic rings. The van der Waals surface area contributed by atoms with Gasteiger partial charge in [0.1, 0.15) is 0 Å². The van der Waals surface area contributed by atoms with E-state index in [1.54, 1.807) is 0 Å². The number of aryl methyl sites for hydroxylation is 1. The molecule has 1 aliphatic carbocycles. The molecule has 0 amide bonds. The van der Waals surface area contributed by atoms with E-state index in [1.165, 1.54) is 36.8 Å². The summed E-state index contributed by atoms with van der Waals surface area (Å²) < 4.78 is 0. The van der Waals surface area contributed by atoms with Crippen LogP contribution in [0.3, 0.4) is 0 Å². The maximum absolute atomic E-state index is 6.07. The number of fused-ring (bicyclic) bond motifs is 1. The van der Waals surface area contributed by atoms with Gasteiger partial charge in [-0.2, -0.15) is 0 Å². The lowest BCUT2D eigenvalue weighted by Crippen LogP contribution is -2.28. The van der Waals surface area contributed by atoms with Crippen LogP contribution in [0.5, 0.6) is 0 Å². The number of nitrogens with zero attached hydrogens (tertiary/aromatic N) is 2. The summed E-state index contributed by atoms with van der Waals surface area (Å²) in [5.41, 5.74) is 9.20. The first-order valence-corrected chi connectivity index (χ1v) is 7.04. The fourth-order valence-electron chi connectivity index (χ4n) is 3.15. The van der Waals surface area contributed by atoms with Gasteiger partial charge >= 0.3 is 0 Å². The summed E-state index contributed by atoms with van der Waals surface area (Å²) in [6, 6.07) is 6.96. The average molecular weight is 255 g/mol. The highest BCUT2D eigenvalue weighted by atomic mass is 15.1. The summed E-state index contributed by atoms with van der Waals surface area (Å²) >= 11 is 0. The van der Waals surface area contributed by atoms with Crippen molar-refractivity contribution in [3.8, 4) is 0 Å². The molecule has 1 fully saturated rings. The van der Waals surface area contributed by atoms with E-state index in [0.717, 1.165) is 16.8 Å². The Bertz CT molecular complexity index is 600. The molecule has 19 heavy (non-hydrogen) atoms. The van der Waals surface area contributed by atoms with Crippen LogP contribution in [0.15, 0.2) is 24.4 Å². The molecule has 0 spiro atoms. The molecule has 0 radical (unpaired) electrons. The Morgan fingerprint density at radius 3 is 2.68 bits per heavy atom. The predicted molar refractivity (Wildman–Crippen MR) is 81.6 cm³/mol. The molecule has 3 rings (SSSR count). The van der Waals surface area contributed by atoms with Gasteiger partial charge in [0, 0.05) is 47.1 Å². The van der Waals surface area contributed by atoms with E-state index in [4.69, 9.17) is 5.73 Å². The van der Waals surface area contributed by atoms with Crippen LogP contribution in [-0.2, 0) is 0 Å². The average Bonchev–Trinajstić information content (AvgIpc) is 2.92. The molecule has 0 atom stereocenters. The normalized spacial score (nSPS) is 16.1. The van der Waals surface area contributed by atoms with E-state index in [-0.39, 0.29) is 0 Å². The smallest absolute Gasteiger partial charge is 0.0448 e. The Balaban J connectivity index is 2.12. The van der Waals surface area contributed by atoms with Crippen LogP contribution in [0.4, 0.5) is 11.4 Å². The standard InChI is InChI=1S/C16H21N3/c1-11-9-13-14(10-18-11)15(17)7-8-16(13)19(2)12-5-3-4-6-12/h7-10,12H,3-6,17H2,1-2H3. The van der Waals surface area contributed by atoms with Crippen LogP contribution in [0.25, 0.3) is 10.8 Å². The fourth-order valence-corrected chi connectivity index (χ4v) is 3.15. The number of hydrogen-bond acceptors (Lipinski definition) is 3. The molecule has 1 aromatic heterocycles. The van der Waals surface area contributed by atoms with Gasteiger partial charge in [-0.3, -0.25) is 4.98 Å². The molecule has 3 nitrogen and oxygen atoms in total. The number of nitrogen functional groups attached to an aromatic ring is 1. The summed E-state index contributed by atoms with van der Waals surface area (Å²) in [4.78, 5) is 6.79. The molecule has 1 aromatic carbocycles. The Morgan fingerprint density at radius 1 is 1.21 bits per heavy atom. The number of benzene rings is 1. The van der Waals surface area contributed by atoms with Gasteiger partial charge < -0.3 is 10.6 Å². The molecule has 1 saturated carbocycles. The van der Waals surface area contributed by atoms with Gasteiger partial charge in [-0.05, 0) is 38.0 Å². The van der Waals surface area contributed by atoms with Crippen molar-refractivity contribution in [2.45, 2.75) is 38.6 Å². The van der Waals surface area contributed by atoms with E-state index in [0.29, 0.717) is 6.04 Å². The van der Waals surface area contributed by atoms with Crippen molar-refractivity contribution < 1.29 is 0 Å². The first-order chi connectivity index (χ1) is 9.16. The van der Waals surface area contributed by atoms with Gasteiger partial charge in [-0.15, -0.1) is 0 Å². The van der Waals surface area contributed by atoms with Crippen molar-refractivity contribution in [3.63, 3.8) is 0 Å². The van der Waals surface area contributed by atoms with E-state index < -0.39 is 0 Å². The van der Waals surface area contributed by atoms with Crippen LogP contribution < -0.4 is 10.6 Å². The highest BCUT2D eigenvalue weighted by Crippen LogP contribution is 2.34. The Hall–Kier alpha value is -1.77. The lowest BCUT2D eigenvalue weighted by Gasteiger charge is -2.28. The van der Waals surface area contributed by atoms with Crippen LogP contribution in [0, 0.1) is 6.92 Å². The Labute approximate surface area is 114 Å². The van der Waals surface area contributed by atoms with Gasteiger partial charge in [0.05, 0.1) is 0 Å². The van der Waals surface area contributed by atoms with Gasteiger partial charge in [0.2, 0.25) is 0 Å². The van der Waals surface area contributed by atoms with Gasteiger partial charge in [-0.1, -0.05) is 12.8 Å². The molecule has 0 saturated heterocycles. The van der Waals surface area contributed by atoms with E-state index in [1.807, 2.05) is 19.2 Å². The summed E-state index contributed by atoms with van der Waals surface area (Å²) in [6.45, 7) is 2.03. The number of nitrogens with two attached hydrogens (primary N) is 1. The number of hydrogen-bond donors (Lipinski definition) is 1. The third-order valence-corrected chi connectivity index (χ3v) is 4.30. The zero-order chi connectivity index (χ0) is 13.4. The second-order valence-corrected chi connectivity index (χ2v) is 5.59. The third kappa shape index (κ3) is 2.14. The van der Waals surface area contributed by atoms with Crippen LogP contribution in [-0.4, -0.2) is 18.1 Å². The minimum absolute atomic E-state index is 0.667. The second kappa shape index (κ2) is 4.72. The zero-order valence-corrected chi connectivity index (χ0v) is 11.7. The van der Waals surface area contributed by atoms with Crippen molar-refractivity contribution in [1.29, 1.82) is 0 Å². The minimum Gasteiger partial charge on any atom is -0.398 e. The van der Waals surface area contributed by atoms with Crippen molar-refractivity contribution in [2.24, 2.45) is 0 Å². The monoisotopic (exact) mass is 255 g/mol. The van der Waals surface area contributed by atoms with Crippen molar-refractivity contribution >= 4 is 22.1 Å². The van der Waals surface area contributed by atoms with Crippen LogP contribution in [0.2, 0.25) is 0 Å². The van der Waals surface area contributed by atoms with Crippen LogP contribution in [0.1, 0.15) is 31.4 Å². The summed E-state index contributed by atoms with van der Waals surface area (Å²) in [5.74, 6) is 0. The highest BCUT2D eigenvalue weighted by molar-refractivity contribution is 6.01. The molecule has 1 aliphatic rings. The molecule has 3 heteroatoms. The van der Waals surface area contributed by atoms with Gasteiger partial charge in [0.25, 0.3) is 0 Å². The second-order valence-electron chi connectivity index (χ2n) is 5.59. The summed E-state index contributed by atoms with van der Waals surface area (Å²) in [6.07, 6.45) is 7.19. The minimum atomic E-state index is 0.667. The lowest BCUT2D eigenvalue weighted by molar-refractivity contribution is 0.655. The van der Waals surface area contributed by atoms with Crippen molar-refractivity contribution in [3.05, 3.63) is 30.1 Å². The maximum Gasteiger partial charge on any atom is 0.0448 e. The largest absolute Gasteiger partial charge is 0.398 e. The molecule has 2 N–H and O–H groups in total. The molecule has 100 valence electrons. The number of rotatable bonds is 2. The third-order valence-electron chi connectivity index (χ3n) is 4.30.